The van der Waals surface area contributed by atoms with E-state index in [0.717, 1.165) is 11.3 Å². The number of esters is 1. The van der Waals surface area contributed by atoms with E-state index >= 15 is 0 Å². The predicted molar refractivity (Wildman–Crippen MR) is 65.8 cm³/mol. The number of thiophene rings is 1. The van der Waals surface area contributed by atoms with Gasteiger partial charge in [-0.05, 0) is 19.4 Å². The lowest BCUT2D eigenvalue weighted by atomic mass is 10.2. The third-order valence-electron chi connectivity index (χ3n) is 2.12. The predicted octanol–water partition coefficient (Wildman–Crippen LogP) is 2.28. The second-order valence-electron chi connectivity index (χ2n) is 3.21. The van der Waals surface area contributed by atoms with Crippen molar-refractivity contribution in [2.24, 2.45) is 0 Å². The van der Waals surface area contributed by atoms with Gasteiger partial charge in [-0.25, -0.2) is 9.59 Å². The topological polar surface area (TPSA) is 88.4 Å². The van der Waals surface area contributed by atoms with Crippen molar-refractivity contribution in [3.05, 3.63) is 16.0 Å². The standard InChI is InChI=1S/C11H12N2O4S/c1-4-17-11(15)13-9-7(5-12)6(2)8(18-9)10(14)16-3/h4H2,1-3H3,(H,13,15). The Morgan fingerprint density at radius 2 is 2.17 bits per heavy atom. The first-order valence-electron chi connectivity index (χ1n) is 5.10. The molecule has 18 heavy (non-hydrogen) atoms. The number of nitrogens with one attached hydrogen (secondary N) is 1. The minimum Gasteiger partial charge on any atom is -0.465 e. The lowest BCUT2D eigenvalue weighted by Gasteiger charge is -2.02. The van der Waals surface area contributed by atoms with Crippen LogP contribution < -0.4 is 5.32 Å². The average molecular weight is 268 g/mol. The molecule has 0 aromatic carbocycles. The van der Waals surface area contributed by atoms with Gasteiger partial charge in [0.25, 0.3) is 0 Å². The molecule has 0 aliphatic rings. The number of ether oxygens (including phenoxy) is 2. The quantitative estimate of drug-likeness (QED) is 0.849. The number of anilines is 1. The summed E-state index contributed by atoms with van der Waals surface area (Å²) in [5, 5.41) is 11.7. The molecule has 0 spiro atoms. The number of rotatable bonds is 3. The van der Waals surface area contributed by atoms with Gasteiger partial charge in [0.1, 0.15) is 15.9 Å². The normalized spacial score (nSPS) is 9.44. The largest absolute Gasteiger partial charge is 0.465 e. The number of carbonyl (C=O) groups excluding carboxylic acids is 2. The second kappa shape index (κ2) is 6.02. The van der Waals surface area contributed by atoms with Crippen molar-refractivity contribution in [3.63, 3.8) is 0 Å². The van der Waals surface area contributed by atoms with Crippen molar-refractivity contribution in [2.75, 3.05) is 19.0 Å². The molecule has 1 aromatic heterocycles. The zero-order valence-electron chi connectivity index (χ0n) is 10.2. The van der Waals surface area contributed by atoms with E-state index in [0.29, 0.717) is 10.4 Å². The van der Waals surface area contributed by atoms with Gasteiger partial charge >= 0.3 is 12.1 Å². The zero-order valence-corrected chi connectivity index (χ0v) is 11.0. The first-order valence-corrected chi connectivity index (χ1v) is 5.92. The Bertz CT molecular complexity index is 516. The van der Waals surface area contributed by atoms with Crippen LogP contribution in [0.25, 0.3) is 0 Å². The number of hydrogen-bond acceptors (Lipinski definition) is 6. The lowest BCUT2D eigenvalue weighted by molar-refractivity contribution is 0.0605. The second-order valence-corrected chi connectivity index (χ2v) is 4.23. The van der Waals surface area contributed by atoms with Crippen LogP contribution in [0.5, 0.6) is 0 Å². The van der Waals surface area contributed by atoms with Crippen LogP contribution in [0, 0.1) is 18.3 Å². The Hall–Kier alpha value is -2.07. The van der Waals surface area contributed by atoms with E-state index in [4.69, 9.17) is 10.00 Å². The van der Waals surface area contributed by atoms with Crippen LogP contribution in [-0.4, -0.2) is 25.8 Å². The molecule has 0 bridgehead atoms. The van der Waals surface area contributed by atoms with Crippen molar-refractivity contribution in [1.29, 1.82) is 5.26 Å². The SMILES string of the molecule is CCOC(=O)Nc1sc(C(=O)OC)c(C)c1C#N. The minimum atomic E-state index is -0.660. The molecule has 0 fully saturated rings. The van der Waals surface area contributed by atoms with Gasteiger partial charge in [-0.1, -0.05) is 0 Å². The highest BCUT2D eigenvalue weighted by Crippen LogP contribution is 2.32. The van der Waals surface area contributed by atoms with Crippen molar-refractivity contribution < 1.29 is 19.1 Å². The molecule has 0 radical (unpaired) electrons. The van der Waals surface area contributed by atoms with E-state index in [2.05, 4.69) is 10.1 Å². The summed E-state index contributed by atoms with van der Waals surface area (Å²) in [6.07, 6.45) is -0.660. The lowest BCUT2D eigenvalue weighted by Crippen LogP contribution is -2.13. The van der Waals surface area contributed by atoms with Crippen LogP contribution in [-0.2, 0) is 9.47 Å². The highest BCUT2D eigenvalue weighted by Gasteiger charge is 2.21. The van der Waals surface area contributed by atoms with Crippen LogP contribution in [0.15, 0.2) is 0 Å². The number of nitriles is 1. The molecule has 6 nitrogen and oxygen atoms in total. The maximum atomic E-state index is 11.5. The summed E-state index contributed by atoms with van der Waals surface area (Å²) in [4.78, 5) is 23.0. The maximum Gasteiger partial charge on any atom is 0.412 e. The molecule has 1 N–H and O–H groups in total. The molecule has 7 heteroatoms. The number of amides is 1. The van der Waals surface area contributed by atoms with E-state index in [1.54, 1.807) is 13.8 Å². The van der Waals surface area contributed by atoms with Gasteiger partial charge in [0.05, 0.1) is 19.3 Å². The Morgan fingerprint density at radius 3 is 2.67 bits per heavy atom. The fourth-order valence-corrected chi connectivity index (χ4v) is 2.34. The highest BCUT2D eigenvalue weighted by atomic mass is 32.1. The summed E-state index contributed by atoms with van der Waals surface area (Å²) in [7, 11) is 1.26. The average Bonchev–Trinajstić information content (AvgIpc) is 2.65. The van der Waals surface area contributed by atoms with Crippen molar-refractivity contribution in [3.8, 4) is 6.07 Å². The van der Waals surface area contributed by atoms with Gasteiger partial charge in [-0.2, -0.15) is 5.26 Å². The molecule has 96 valence electrons. The van der Waals surface area contributed by atoms with Crippen molar-refractivity contribution >= 4 is 28.4 Å². The molecule has 0 aliphatic carbocycles. The van der Waals surface area contributed by atoms with Crippen LogP contribution in [0.2, 0.25) is 0 Å². The smallest absolute Gasteiger partial charge is 0.412 e. The van der Waals surface area contributed by atoms with E-state index in [1.807, 2.05) is 6.07 Å². The van der Waals surface area contributed by atoms with Gasteiger partial charge in [-0.15, -0.1) is 11.3 Å². The van der Waals surface area contributed by atoms with Gasteiger partial charge in [0.2, 0.25) is 0 Å². The summed E-state index contributed by atoms with van der Waals surface area (Å²) >= 11 is 0.989. The third kappa shape index (κ3) is 2.78. The number of hydrogen-bond donors (Lipinski definition) is 1. The van der Waals surface area contributed by atoms with Crippen molar-refractivity contribution in [1.82, 2.24) is 0 Å². The molecule has 1 rings (SSSR count). The minimum absolute atomic E-state index is 0.224. The van der Waals surface area contributed by atoms with Gasteiger partial charge in [-0.3, -0.25) is 5.32 Å². The molecule has 1 amide bonds. The number of carbonyl (C=O) groups is 2. The van der Waals surface area contributed by atoms with E-state index in [-0.39, 0.29) is 17.2 Å². The Labute approximate surface area is 108 Å². The first-order chi connectivity index (χ1) is 8.54. The highest BCUT2D eigenvalue weighted by molar-refractivity contribution is 7.18. The molecular weight excluding hydrogens is 256 g/mol. The van der Waals surface area contributed by atoms with E-state index in [1.165, 1.54) is 7.11 Å². The molecule has 1 heterocycles. The van der Waals surface area contributed by atoms with E-state index < -0.39 is 12.1 Å². The number of methoxy groups -OCH3 is 1. The van der Waals surface area contributed by atoms with Crippen molar-refractivity contribution in [2.45, 2.75) is 13.8 Å². The first kappa shape index (κ1) is 14.0. The van der Waals surface area contributed by atoms with Crippen LogP contribution >= 0.6 is 11.3 Å². The fraction of sp³-hybridized carbons (Fsp3) is 0.364. The summed E-state index contributed by atoms with van der Waals surface area (Å²) in [5.41, 5.74) is 0.731. The van der Waals surface area contributed by atoms with Gasteiger partial charge in [0, 0.05) is 0 Å². The fourth-order valence-electron chi connectivity index (χ4n) is 1.28. The Balaban J connectivity index is 3.09. The molecule has 0 atom stereocenters. The Kier molecular flexibility index (Phi) is 4.68. The van der Waals surface area contributed by atoms with Gasteiger partial charge in [0.15, 0.2) is 0 Å². The summed E-state index contributed by atoms with van der Waals surface area (Å²) < 4.78 is 9.31. The third-order valence-corrected chi connectivity index (χ3v) is 3.31. The summed E-state index contributed by atoms with van der Waals surface area (Å²) in [5.74, 6) is -0.536. The van der Waals surface area contributed by atoms with E-state index in [9.17, 15) is 9.59 Å². The molecule has 0 unspecified atom stereocenters. The number of nitrogens with zero attached hydrogens (tertiary/aromatic N) is 1. The molecular formula is C11H12N2O4S. The monoisotopic (exact) mass is 268 g/mol. The molecule has 1 aromatic rings. The van der Waals surface area contributed by atoms with Crippen LogP contribution in [0.1, 0.15) is 27.7 Å². The maximum absolute atomic E-state index is 11.5. The molecule has 0 saturated heterocycles. The van der Waals surface area contributed by atoms with Gasteiger partial charge < -0.3 is 9.47 Å². The summed E-state index contributed by atoms with van der Waals surface area (Å²) in [6.45, 7) is 3.52. The summed E-state index contributed by atoms with van der Waals surface area (Å²) in [6, 6.07) is 1.94. The van der Waals surface area contributed by atoms with Crippen LogP contribution in [0.3, 0.4) is 0 Å². The molecule has 0 aliphatic heterocycles. The zero-order chi connectivity index (χ0) is 13.7. The van der Waals surface area contributed by atoms with Crippen LogP contribution in [0.4, 0.5) is 9.80 Å². The Morgan fingerprint density at radius 1 is 1.50 bits per heavy atom. The molecule has 0 saturated carbocycles.